The minimum atomic E-state index is -0.472. The van der Waals surface area contributed by atoms with E-state index in [1.54, 1.807) is 51.1 Å². The maximum absolute atomic E-state index is 12.4. The average Bonchev–Trinajstić information content (AvgIpc) is 2.58. The summed E-state index contributed by atoms with van der Waals surface area (Å²) in [4.78, 5) is 35.9. The van der Waals surface area contributed by atoms with E-state index in [9.17, 15) is 14.4 Å². The summed E-state index contributed by atoms with van der Waals surface area (Å²) in [5.74, 6) is -0.819. The van der Waals surface area contributed by atoms with Crippen LogP contribution in [0.3, 0.4) is 0 Å². The summed E-state index contributed by atoms with van der Waals surface area (Å²) in [6, 6.07) is 10.2. The van der Waals surface area contributed by atoms with Gasteiger partial charge >= 0.3 is 5.97 Å². The molecule has 1 amide bonds. The first-order valence-electron chi connectivity index (χ1n) is 7.62. The Morgan fingerprint density at radius 3 is 2.42 bits per heavy atom. The van der Waals surface area contributed by atoms with Gasteiger partial charge in [0.15, 0.2) is 6.29 Å². The maximum atomic E-state index is 12.4. The van der Waals surface area contributed by atoms with Gasteiger partial charge in [0, 0.05) is 11.1 Å². The number of aryl methyl sites for hydroxylation is 1. The van der Waals surface area contributed by atoms with Crippen LogP contribution in [0.4, 0.5) is 5.69 Å². The van der Waals surface area contributed by atoms with E-state index in [2.05, 4.69) is 5.32 Å². The number of hydrogen-bond donors (Lipinski definition) is 1. The molecule has 2 aromatic carbocycles. The molecule has 0 saturated heterocycles. The summed E-state index contributed by atoms with van der Waals surface area (Å²) < 4.78 is 5.07. The number of ether oxygens (including phenoxy) is 1. The quantitative estimate of drug-likeness (QED) is 0.674. The van der Waals surface area contributed by atoms with Crippen LogP contribution in [0.5, 0.6) is 0 Å². The van der Waals surface area contributed by atoms with Crippen molar-refractivity contribution in [3.8, 4) is 0 Å². The third-order valence-corrected chi connectivity index (χ3v) is 3.69. The Balaban J connectivity index is 2.48. The molecule has 0 spiro atoms. The fraction of sp³-hybridized carbons (Fsp3) is 0.211. The molecule has 124 valence electrons. The van der Waals surface area contributed by atoms with Gasteiger partial charge in [0.2, 0.25) is 0 Å². The zero-order valence-corrected chi connectivity index (χ0v) is 13.9. The van der Waals surface area contributed by atoms with Gasteiger partial charge in [0.25, 0.3) is 5.91 Å². The molecule has 2 rings (SSSR count). The number of nitrogens with one attached hydrogen (secondary N) is 1. The predicted molar refractivity (Wildman–Crippen MR) is 91.7 cm³/mol. The van der Waals surface area contributed by atoms with Gasteiger partial charge in [0.1, 0.15) is 0 Å². The Bertz CT molecular complexity index is 782. The van der Waals surface area contributed by atoms with Crippen molar-refractivity contribution in [2.24, 2.45) is 0 Å². The van der Waals surface area contributed by atoms with E-state index < -0.39 is 5.97 Å². The molecular weight excluding hydrogens is 306 g/mol. The lowest BCUT2D eigenvalue weighted by molar-refractivity contribution is 0.0524. The van der Waals surface area contributed by atoms with Crippen molar-refractivity contribution >= 4 is 23.9 Å². The lowest BCUT2D eigenvalue weighted by Crippen LogP contribution is -2.17. The number of aldehydes is 1. The lowest BCUT2D eigenvalue weighted by atomic mass is 9.96. The fourth-order valence-corrected chi connectivity index (χ4v) is 2.57. The monoisotopic (exact) mass is 325 g/mol. The minimum absolute atomic E-state index is 0.249. The van der Waals surface area contributed by atoms with Crippen molar-refractivity contribution in [2.45, 2.75) is 20.8 Å². The number of benzene rings is 2. The largest absolute Gasteiger partial charge is 0.462 e. The molecule has 0 radical (unpaired) electrons. The molecule has 0 unspecified atom stereocenters. The number of rotatable bonds is 5. The van der Waals surface area contributed by atoms with E-state index in [0.717, 1.165) is 0 Å². The van der Waals surface area contributed by atoms with E-state index in [0.29, 0.717) is 39.8 Å². The van der Waals surface area contributed by atoms with Gasteiger partial charge in [-0.1, -0.05) is 18.2 Å². The minimum Gasteiger partial charge on any atom is -0.462 e. The van der Waals surface area contributed by atoms with Crippen LogP contribution in [0.2, 0.25) is 0 Å². The van der Waals surface area contributed by atoms with Gasteiger partial charge in [-0.3, -0.25) is 9.59 Å². The molecule has 0 bridgehead atoms. The highest BCUT2D eigenvalue weighted by atomic mass is 16.5. The summed E-state index contributed by atoms with van der Waals surface area (Å²) >= 11 is 0. The molecule has 2 aromatic rings. The topological polar surface area (TPSA) is 72.5 Å². The predicted octanol–water partition coefficient (Wildman–Crippen LogP) is 3.54. The maximum Gasteiger partial charge on any atom is 0.338 e. The van der Waals surface area contributed by atoms with Gasteiger partial charge in [-0.15, -0.1) is 0 Å². The molecule has 5 heteroatoms. The first kappa shape index (κ1) is 17.4. The van der Waals surface area contributed by atoms with Gasteiger partial charge < -0.3 is 10.1 Å². The van der Waals surface area contributed by atoms with E-state index in [-0.39, 0.29) is 12.5 Å². The fourth-order valence-electron chi connectivity index (χ4n) is 2.57. The third-order valence-electron chi connectivity index (χ3n) is 3.69. The molecule has 0 aliphatic carbocycles. The third kappa shape index (κ3) is 3.51. The average molecular weight is 325 g/mol. The highest BCUT2D eigenvalue weighted by Gasteiger charge is 2.20. The number of carbonyl (C=O) groups excluding carboxylic acids is 3. The van der Waals surface area contributed by atoms with Crippen molar-refractivity contribution in [1.82, 2.24) is 0 Å². The Morgan fingerprint density at radius 2 is 1.83 bits per heavy atom. The van der Waals surface area contributed by atoms with Gasteiger partial charge in [-0.25, -0.2) is 4.79 Å². The Kier molecular flexibility index (Phi) is 5.47. The SMILES string of the molecule is CCOC(=O)c1c(C)cc(C=O)c(NC(=O)c2ccccc2)c1C. The second-order valence-electron chi connectivity index (χ2n) is 5.32. The molecular formula is C19H19NO4. The second kappa shape index (κ2) is 7.55. The molecule has 0 heterocycles. The van der Waals surface area contributed by atoms with Crippen LogP contribution < -0.4 is 5.32 Å². The van der Waals surface area contributed by atoms with Crippen molar-refractivity contribution in [2.75, 3.05) is 11.9 Å². The normalized spacial score (nSPS) is 10.1. The summed E-state index contributed by atoms with van der Waals surface area (Å²) in [5, 5.41) is 2.73. The smallest absolute Gasteiger partial charge is 0.338 e. The van der Waals surface area contributed by atoms with E-state index in [1.165, 1.54) is 0 Å². The second-order valence-corrected chi connectivity index (χ2v) is 5.32. The summed E-state index contributed by atoms with van der Waals surface area (Å²) in [6.07, 6.45) is 0.662. The Morgan fingerprint density at radius 1 is 1.17 bits per heavy atom. The molecule has 0 atom stereocenters. The molecule has 24 heavy (non-hydrogen) atoms. The molecule has 0 aliphatic heterocycles. The van der Waals surface area contributed by atoms with Crippen LogP contribution in [0.15, 0.2) is 36.4 Å². The van der Waals surface area contributed by atoms with Crippen molar-refractivity contribution in [3.05, 3.63) is 64.2 Å². The lowest BCUT2D eigenvalue weighted by Gasteiger charge is -2.16. The summed E-state index contributed by atoms with van der Waals surface area (Å²) in [7, 11) is 0. The molecule has 0 fully saturated rings. The standard InChI is InChI=1S/C19H19NO4/c1-4-24-19(23)16-12(2)10-15(11-21)17(13(16)3)20-18(22)14-8-6-5-7-9-14/h5-11H,4H2,1-3H3,(H,20,22). The van der Waals surface area contributed by atoms with Crippen molar-refractivity contribution in [3.63, 3.8) is 0 Å². The van der Waals surface area contributed by atoms with Gasteiger partial charge in [-0.05, 0) is 50.1 Å². The number of anilines is 1. The van der Waals surface area contributed by atoms with E-state index in [1.807, 2.05) is 6.07 Å². The number of amides is 1. The van der Waals surface area contributed by atoms with Crippen LogP contribution in [0.1, 0.15) is 49.1 Å². The van der Waals surface area contributed by atoms with Gasteiger partial charge in [0.05, 0.1) is 17.9 Å². The van der Waals surface area contributed by atoms with Crippen LogP contribution >= 0.6 is 0 Å². The molecule has 0 aliphatic rings. The van der Waals surface area contributed by atoms with Crippen LogP contribution in [0, 0.1) is 13.8 Å². The summed E-state index contributed by atoms with van der Waals surface area (Å²) in [5.41, 5.74) is 2.62. The Hall–Kier alpha value is -2.95. The number of hydrogen-bond acceptors (Lipinski definition) is 4. The number of esters is 1. The van der Waals surface area contributed by atoms with Crippen molar-refractivity contribution < 1.29 is 19.1 Å². The van der Waals surface area contributed by atoms with Crippen LogP contribution in [-0.4, -0.2) is 24.8 Å². The van der Waals surface area contributed by atoms with E-state index >= 15 is 0 Å². The molecule has 0 aromatic heterocycles. The first-order chi connectivity index (χ1) is 11.5. The van der Waals surface area contributed by atoms with Crippen LogP contribution in [-0.2, 0) is 4.74 Å². The van der Waals surface area contributed by atoms with Crippen molar-refractivity contribution in [1.29, 1.82) is 0 Å². The zero-order chi connectivity index (χ0) is 17.7. The molecule has 5 nitrogen and oxygen atoms in total. The zero-order valence-electron chi connectivity index (χ0n) is 13.9. The summed E-state index contributed by atoms with van der Waals surface area (Å²) in [6.45, 7) is 5.39. The highest BCUT2D eigenvalue weighted by molar-refractivity contribution is 6.08. The molecule has 1 N–H and O–H groups in total. The van der Waals surface area contributed by atoms with E-state index in [4.69, 9.17) is 4.74 Å². The van der Waals surface area contributed by atoms with Crippen LogP contribution in [0.25, 0.3) is 0 Å². The molecule has 0 saturated carbocycles. The van der Waals surface area contributed by atoms with Gasteiger partial charge in [-0.2, -0.15) is 0 Å². The Labute approximate surface area is 140 Å². The first-order valence-corrected chi connectivity index (χ1v) is 7.62. The number of carbonyl (C=O) groups is 3. The highest BCUT2D eigenvalue weighted by Crippen LogP contribution is 2.27.